The van der Waals surface area contributed by atoms with Gasteiger partial charge in [-0.05, 0) is 57.1 Å². The number of nitrogens with two attached hydrogens (primary N) is 1. The molecule has 3 aliphatic rings. The molecule has 1 saturated carbocycles. The van der Waals surface area contributed by atoms with E-state index in [9.17, 15) is 9.90 Å². The average Bonchev–Trinajstić information content (AvgIpc) is 3.51. The van der Waals surface area contributed by atoms with Crippen molar-refractivity contribution in [2.45, 2.75) is 62.5 Å². The van der Waals surface area contributed by atoms with Gasteiger partial charge in [0, 0.05) is 65.9 Å². The molecule has 10 heteroatoms. The fourth-order valence-electron chi connectivity index (χ4n) is 6.51. The number of fused-ring (bicyclic) bond motifs is 2. The van der Waals surface area contributed by atoms with Gasteiger partial charge in [0.25, 0.3) is 5.91 Å². The number of anilines is 2. The number of carbonyl (C=O) groups excluding carboxylic acids is 1. The van der Waals surface area contributed by atoms with Crippen molar-refractivity contribution in [3.8, 4) is 11.1 Å². The fourth-order valence-corrected chi connectivity index (χ4v) is 6.95. The molecule has 0 radical (unpaired) electrons. The maximum atomic E-state index is 16.3. The predicted molar refractivity (Wildman–Crippen MR) is 145 cm³/mol. The van der Waals surface area contributed by atoms with Crippen LogP contribution >= 0.6 is 11.6 Å². The van der Waals surface area contributed by atoms with Crippen molar-refractivity contribution < 1.29 is 14.3 Å². The van der Waals surface area contributed by atoms with Gasteiger partial charge < -0.3 is 21.1 Å². The SMILES string of the molecule is Cn1cc([C@@H]2CCCCN2C(=O)c2c(N)ccc(-c3cnc4c(c3Cl)C3(CCC(O)CC3)CN4)c2F)cn1. The van der Waals surface area contributed by atoms with E-state index in [1.165, 1.54) is 0 Å². The number of hydrogen-bond acceptors (Lipinski definition) is 6. The summed E-state index contributed by atoms with van der Waals surface area (Å²) in [4.78, 5) is 20.2. The Morgan fingerprint density at radius 2 is 2.00 bits per heavy atom. The molecule has 0 bridgehead atoms. The molecule has 4 heterocycles. The van der Waals surface area contributed by atoms with Crippen LogP contribution in [0.15, 0.2) is 30.7 Å². The lowest BCUT2D eigenvalue weighted by Crippen LogP contribution is -2.39. The molecular formula is C28H32ClFN6O2. The van der Waals surface area contributed by atoms with Crippen molar-refractivity contribution in [2.24, 2.45) is 7.05 Å². The van der Waals surface area contributed by atoms with E-state index in [2.05, 4.69) is 15.4 Å². The standard InChI is InChI=1S/C28H32ClFN6O2/c1-35-14-16(12-34-35)21-4-2-3-11-36(21)27(38)22-20(31)6-5-18(25(22)30)19-13-32-26-23(24(19)29)28(15-33-26)9-7-17(37)8-10-28/h5-6,12-14,17,21,37H,2-4,7-11,15,31H2,1H3,(H,32,33)/t17?,21-,28?/m0/s1. The number of aryl methyl sites for hydroxylation is 1. The van der Waals surface area contributed by atoms with E-state index in [1.54, 1.807) is 34.1 Å². The Bertz CT molecular complexity index is 1400. The number of aliphatic hydroxyl groups is 1. The topological polar surface area (TPSA) is 109 Å². The van der Waals surface area contributed by atoms with Crippen LogP contribution in [0.1, 0.15) is 72.5 Å². The Balaban J connectivity index is 1.40. The van der Waals surface area contributed by atoms with Gasteiger partial charge in [-0.1, -0.05) is 11.6 Å². The predicted octanol–water partition coefficient (Wildman–Crippen LogP) is 4.82. The third-order valence-corrected chi connectivity index (χ3v) is 9.00. The second kappa shape index (κ2) is 9.54. The lowest BCUT2D eigenvalue weighted by Gasteiger charge is -2.36. The van der Waals surface area contributed by atoms with Crippen molar-refractivity contribution in [1.82, 2.24) is 19.7 Å². The smallest absolute Gasteiger partial charge is 0.259 e. The van der Waals surface area contributed by atoms with Crippen LogP contribution in [0.3, 0.4) is 0 Å². The van der Waals surface area contributed by atoms with Crippen molar-refractivity contribution >= 4 is 29.0 Å². The number of halogens is 2. The highest BCUT2D eigenvalue weighted by Gasteiger charge is 2.44. The summed E-state index contributed by atoms with van der Waals surface area (Å²) in [5, 5.41) is 18.1. The highest BCUT2D eigenvalue weighted by atomic mass is 35.5. The zero-order valence-corrected chi connectivity index (χ0v) is 22.1. The number of amides is 1. The molecule has 38 heavy (non-hydrogen) atoms. The summed E-state index contributed by atoms with van der Waals surface area (Å²) in [6.45, 7) is 1.20. The Hall–Kier alpha value is -3.17. The third-order valence-electron chi connectivity index (χ3n) is 8.60. The lowest BCUT2D eigenvalue weighted by atomic mass is 9.70. The quantitative estimate of drug-likeness (QED) is 0.412. The molecule has 6 rings (SSSR count). The number of nitrogens with one attached hydrogen (secondary N) is 1. The first kappa shape index (κ1) is 25.1. The van der Waals surface area contributed by atoms with Crippen LogP contribution in [0.4, 0.5) is 15.9 Å². The third kappa shape index (κ3) is 4.03. The summed E-state index contributed by atoms with van der Waals surface area (Å²) in [6.07, 6.45) is 10.4. The number of nitrogens with zero attached hydrogens (tertiary/aromatic N) is 4. The van der Waals surface area contributed by atoms with E-state index in [4.69, 9.17) is 17.3 Å². The molecule has 1 atom stereocenters. The molecule has 1 spiro atoms. The first-order valence-electron chi connectivity index (χ1n) is 13.3. The molecule has 0 unspecified atom stereocenters. The Labute approximate surface area is 226 Å². The van der Waals surface area contributed by atoms with E-state index in [1.807, 2.05) is 13.2 Å². The number of carbonyl (C=O) groups is 1. The van der Waals surface area contributed by atoms with Crippen molar-refractivity contribution in [3.05, 3.63) is 58.3 Å². The molecule has 1 aliphatic carbocycles. The number of hydrogen-bond donors (Lipinski definition) is 3. The number of piperidine rings is 1. The van der Waals surface area contributed by atoms with Gasteiger partial charge in [-0.25, -0.2) is 9.37 Å². The van der Waals surface area contributed by atoms with Gasteiger partial charge in [-0.15, -0.1) is 0 Å². The molecule has 1 saturated heterocycles. The molecule has 1 amide bonds. The van der Waals surface area contributed by atoms with Gasteiger partial charge in [0.15, 0.2) is 0 Å². The maximum Gasteiger partial charge on any atom is 0.259 e. The Morgan fingerprint density at radius 3 is 2.74 bits per heavy atom. The van der Waals surface area contributed by atoms with Gasteiger partial charge in [-0.2, -0.15) is 5.10 Å². The van der Waals surface area contributed by atoms with Crippen molar-refractivity contribution in [1.29, 1.82) is 0 Å². The Morgan fingerprint density at radius 1 is 1.21 bits per heavy atom. The highest BCUT2D eigenvalue weighted by molar-refractivity contribution is 6.34. The zero-order valence-electron chi connectivity index (χ0n) is 21.4. The summed E-state index contributed by atoms with van der Waals surface area (Å²) >= 11 is 7.00. The molecule has 3 aromatic rings. The van der Waals surface area contributed by atoms with Gasteiger partial charge in [0.1, 0.15) is 11.6 Å². The number of rotatable bonds is 3. The normalized spacial score (nSPS) is 24.9. The summed E-state index contributed by atoms with van der Waals surface area (Å²) in [5.74, 6) is -0.414. The molecule has 2 fully saturated rings. The van der Waals surface area contributed by atoms with Crippen LogP contribution in [0.25, 0.3) is 11.1 Å². The maximum absolute atomic E-state index is 16.3. The molecule has 2 aliphatic heterocycles. The number of benzene rings is 1. The largest absolute Gasteiger partial charge is 0.398 e. The fraction of sp³-hybridized carbons (Fsp3) is 0.464. The molecule has 8 nitrogen and oxygen atoms in total. The first-order valence-corrected chi connectivity index (χ1v) is 13.7. The van der Waals surface area contributed by atoms with Gasteiger partial charge in [0.05, 0.1) is 28.9 Å². The molecular weight excluding hydrogens is 507 g/mol. The average molecular weight is 539 g/mol. The number of likely N-dealkylation sites (tertiary alicyclic amines) is 1. The second-order valence-corrected chi connectivity index (χ2v) is 11.3. The number of aromatic nitrogens is 3. The molecule has 200 valence electrons. The number of nitrogen functional groups attached to an aromatic ring is 1. The minimum Gasteiger partial charge on any atom is -0.398 e. The molecule has 1 aromatic carbocycles. The molecule has 4 N–H and O–H groups in total. The van der Waals surface area contributed by atoms with Crippen molar-refractivity contribution in [2.75, 3.05) is 24.1 Å². The molecule has 2 aromatic heterocycles. The van der Waals surface area contributed by atoms with Crippen LogP contribution in [-0.4, -0.2) is 49.9 Å². The number of aliphatic hydroxyl groups excluding tert-OH is 1. The van der Waals surface area contributed by atoms with E-state index in [0.29, 0.717) is 42.3 Å². The van der Waals surface area contributed by atoms with Crippen LogP contribution in [0.5, 0.6) is 0 Å². The zero-order chi connectivity index (χ0) is 26.6. The lowest BCUT2D eigenvalue weighted by molar-refractivity contribution is 0.0608. The number of pyridine rings is 1. The van der Waals surface area contributed by atoms with E-state index < -0.39 is 11.7 Å². The van der Waals surface area contributed by atoms with E-state index in [-0.39, 0.29) is 34.4 Å². The minimum absolute atomic E-state index is 0.0939. The van der Waals surface area contributed by atoms with E-state index >= 15 is 4.39 Å². The summed E-state index contributed by atoms with van der Waals surface area (Å²) in [6, 6.07) is 2.96. The van der Waals surface area contributed by atoms with Gasteiger partial charge >= 0.3 is 0 Å². The van der Waals surface area contributed by atoms with Crippen LogP contribution < -0.4 is 11.1 Å². The van der Waals surface area contributed by atoms with Crippen LogP contribution in [0.2, 0.25) is 5.02 Å². The summed E-state index contributed by atoms with van der Waals surface area (Å²) < 4.78 is 18.0. The summed E-state index contributed by atoms with van der Waals surface area (Å²) in [5.41, 5.74) is 8.39. The van der Waals surface area contributed by atoms with E-state index in [0.717, 1.165) is 43.2 Å². The van der Waals surface area contributed by atoms with Crippen LogP contribution in [0, 0.1) is 5.82 Å². The summed E-state index contributed by atoms with van der Waals surface area (Å²) in [7, 11) is 1.84. The van der Waals surface area contributed by atoms with Crippen molar-refractivity contribution in [3.63, 3.8) is 0 Å². The second-order valence-electron chi connectivity index (χ2n) is 10.9. The van der Waals surface area contributed by atoms with Crippen LogP contribution in [-0.2, 0) is 12.5 Å². The highest BCUT2D eigenvalue weighted by Crippen LogP contribution is 2.51. The minimum atomic E-state index is -0.687. The Kier molecular flexibility index (Phi) is 6.31. The first-order chi connectivity index (χ1) is 18.3. The van der Waals surface area contributed by atoms with Gasteiger partial charge in [-0.3, -0.25) is 9.48 Å². The monoisotopic (exact) mass is 538 g/mol. The van der Waals surface area contributed by atoms with Gasteiger partial charge in [0.2, 0.25) is 0 Å².